The highest BCUT2D eigenvalue weighted by atomic mass is 16.6. The van der Waals surface area contributed by atoms with Crippen molar-refractivity contribution in [2.45, 2.75) is 31.5 Å². The number of fused-ring (bicyclic) bond motifs is 1. The largest absolute Gasteiger partial charge is 0.508 e. The van der Waals surface area contributed by atoms with E-state index in [1.54, 1.807) is 41.2 Å². The lowest BCUT2D eigenvalue weighted by Crippen LogP contribution is -2.39. The van der Waals surface area contributed by atoms with E-state index in [1.807, 2.05) is 0 Å². The molecule has 0 saturated heterocycles. The van der Waals surface area contributed by atoms with Gasteiger partial charge >= 0.3 is 5.97 Å². The predicted molar refractivity (Wildman–Crippen MR) is 169 cm³/mol. The summed E-state index contributed by atoms with van der Waals surface area (Å²) in [6.45, 7) is 3.20. The zero-order valence-electron chi connectivity index (χ0n) is 26.4. The van der Waals surface area contributed by atoms with Crippen molar-refractivity contribution in [1.29, 1.82) is 0 Å². The van der Waals surface area contributed by atoms with Crippen LogP contribution in [0.5, 0.6) is 34.5 Å². The maximum atomic E-state index is 13.4. The molecule has 0 bridgehead atoms. The molecular formula is C33H38N4O12. The number of rotatable bonds is 17. The number of aromatic hydroxyl groups is 5. The number of ether oxygens (including phenoxy) is 6. The van der Waals surface area contributed by atoms with E-state index in [0.717, 1.165) is 18.2 Å². The van der Waals surface area contributed by atoms with Gasteiger partial charge < -0.3 is 59.7 Å². The fraction of sp³-hybridized carbons (Fsp3) is 0.364. The van der Waals surface area contributed by atoms with Gasteiger partial charge in [-0.2, -0.15) is 0 Å². The van der Waals surface area contributed by atoms with Crippen molar-refractivity contribution in [3.8, 4) is 34.5 Å². The third-order valence-electron chi connectivity index (χ3n) is 7.38. The molecule has 0 fully saturated rings. The number of carbonyl (C=O) groups excluding carboxylic acids is 1. The van der Waals surface area contributed by atoms with Crippen LogP contribution in [0.15, 0.2) is 60.8 Å². The number of aromatic nitrogens is 3. The number of benzene rings is 3. The molecule has 262 valence electrons. The lowest BCUT2D eigenvalue weighted by molar-refractivity contribution is -0.116. The van der Waals surface area contributed by atoms with E-state index in [0.29, 0.717) is 58.4 Å². The van der Waals surface area contributed by atoms with Crippen molar-refractivity contribution in [2.75, 3.05) is 46.2 Å². The minimum absolute atomic E-state index is 0.0144. The molecule has 16 nitrogen and oxygen atoms in total. The van der Waals surface area contributed by atoms with Crippen molar-refractivity contribution in [3.05, 3.63) is 83.2 Å². The SMILES string of the molecule is NCCOCCOCCOCCn1cc(COC2c3c(O)cc(O)cc3OC(c3cc(O)c(O)c(O)c3)C2OC(=O)c2ccccc2)nn1. The van der Waals surface area contributed by atoms with Crippen LogP contribution in [0, 0.1) is 0 Å². The molecular weight excluding hydrogens is 644 g/mol. The molecule has 2 heterocycles. The van der Waals surface area contributed by atoms with Crippen LogP contribution in [-0.2, 0) is 36.8 Å². The van der Waals surface area contributed by atoms with E-state index < -0.39 is 47.3 Å². The third-order valence-corrected chi connectivity index (χ3v) is 7.38. The number of phenols is 5. The highest BCUT2D eigenvalue weighted by molar-refractivity contribution is 5.89. The summed E-state index contributed by atoms with van der Waals surface area (Å²) in [5, 5.41) is 60.0. The minimum Gasteiger partial charge on any atom is -0.508 e. The first-order chi connectivity index (χ1) is 23.7. The van der Waals surface area contributed by atoms with Gasteiger partial charge in [-0.1, -0.05) is 23.4 Å². The van der Waals surface area contributed by atoms with Gasteiger partial charge in [0.1, 0.15) is 29.0 Å². The fourth-order valence-corrected chi connectivity index (χ4v) is 5.10. The maximum absolute atomic E-state index is 13.4. The van der Waals surface area contributed by atoms with Crippen LogP contribution in [0.2, 0.25) is 0 Å². The summed E-state index contributed by atoms with van der Waals surface area (Å²) < 4.78 is 36.2. The number of phenolic OH excluding ortho intramolecular Hbond substituents is 5. The Kier molecular flexibility index (Phi) is 12.1. The summed E-state index contributed by atoms with van der Waals surface area (Å²) in [6, 6.07) is 12.7. The molecule has 1 aliphatic heterocycles. The van der Waals surface area contributed by atoms with E-state index >= 15 is 0 Å². The summed E-state index contributed by atoms with van der Waals surface area (Å²) in [7, 11) is 0. The Hall–Kier alpha value is -5.13. The van der Waals surface area contributed by atoms with Gasteiger partial charge in [0.05, 0.1) is 70.1 Å². The van der Waals surface area contributed by atoms with Crippen LogP contribution >= 0.6 is 0 Å². The van der Waals surface area contributed by atoms with Crippen molar-refractivity contribution >= 4 is 5.97 Å². The molecule has 0 aliphatic carbocycles. The van der Waals surface area contributed by atoms with Crippen molar-refractivity contribution in [1.82, 2.24) is 15.0 Å². The van der Waals surface area contributed by atoms with Crippen LogP contribution in [0.3, 0.4) is 0 Å². The van der Waals surface area contributed by atoms with Crippen LogP contribution in [0.1, 0.15) is 39.4 Å². The molecule has 49 heavy (non-hydrogen) atoms. The molecule has 3 atom stereocenters. The second kappa shape index (κ2) is 16.8. The summed E-state index contributed by atoms with van der Waals surface area (Å²) >= 11 is 0. The fourth-order valence-electron chi connectivity index (χ4n) is 5.10. The van der Waals surface area contributed by atoms with Gasteiger partial charge in [0.25, 0.3) is 0 Å². The third kappa shape index (κ3) is 9.07. The van der Waals surface area contributed by atoms with Gasteiger partial charge in [0.2, 0.25) is 0 Å². The van der Waals surface area contributed by atoms with Crippen molar-refractivity contribution < 1.29 is 58.7 Å². The minimum atomic E-state index is -1.34. The second-order valence-corrected chi connectivity index (χ2v) is 10.9. The van der Waals surface area contributed by atoms with Gasteiger partial charge in [-0.05, 0) is 24.3 Å². The van der Waals surface area contributed by atoms with Gasteiger partial charge in [0, 0.05) is 24.2 Å². The zero-order valence-corrected chi connectivity index (χ0v) is 26.4. The van der Waals surface area contributed by atoms with Crippen molar-refractivity contribution in [3.63, 3.8) is 0 Å². The first-order valence-corrected chi connectivity index (χ1v) is 15.4. The topological polar surface area (TPSA) is 230 Å². The lowest BCUT2D eigenvalue weighted by Gasteiger charge is -2.39. The summed E-state index contributed by atoms with van der Waals surface area (Å²) in [6.07, 6.45) is -2.19. The normalized spacial score (nSPS) is 17.0. The quantitative estimate of drug-likeness (QED) is 0.0534. The Bertz CT molecular complexity index is 1660. The molecule has 5 rings (SSSR count). The molecule has 0 saturated carbocycles. The standard InChI is InChI=1S/C33H38N4O12/c34-6-8-44-10-12-46-13-11-45-9-7-37-18-22(35-36-37)19-47-31-28-24(39)16-23(38)17-27(28)48-30(21-14-25(40)29(42)26(41)15-21)32(31)49-33(43)20-4-2-1-3-5-20/h1-5,14-18,30-32,38-42H,6-13,19,34H2. The summed E-state index contributed by atoms with van der Waals surface area (Å²) in [5.74, 6) is -3.56. The van der Waals surface area contributed by atoms with E-state index in [2.05, 4.69) is 10.3 Å². The van der Waals surface area contributed by atoms with E-state index in [-0.39, 0.29) is 34.8 Å². The molecule has 3 unspecified atom stereocenters. The summed E-state index contributed by atoms with van der Waals surface area (Å²) in [5.41, 5.74) is 6.14. The monoisotopic (exact) mass is 682 g/mol. The number of hydrogen-bond acceptors (Lipinski definition) is 15. The second-order valence-electron chi connectivity index (χ2n) is 10.9. The maximum Gasteiger partial charge on any atom is 0.338 e. The van der Waals surface area contributed by atoms with Gasteiger partial charge in [-0.15, -0.1) is 5.10 Å². The number of esters is 1. The smallest absolute Gasteiger partial charge is 0.338 e. The molecule has 3 aromatic carbocycles. The van der Waals surface area contributed by atoms with E-state index in [1.165, 1.54) is 6.07 Å². The molecule has 16 heteroatoms. The predicted octanol–water partition coefficient (Wildman–Crippen LogP) is 2.43. The molecule has 7 N–H and O–H groups in total. The Morgan fingerprint density at radius 1 is 0.857 bits per heavy atom. The highest BCUT2D eigenvalue weighted by Gasteiger charge is 2.45. The van der Waals surface area contributed by atoms with Crippen LogP contribution < -0.4 is 10.5 Å². The Balaban J connectivity index is 1.33. The Morgan fingerprint density at radius 3 is 2.22 bits per heavy atom. The zero-order chi connectivity index (χ0) is 34.8. The molecule has 0 spiro atoms. The first kappa shape index (κ1) is 35.2. The average Bonchev–Trinajstić information content (AvgIpc) is 3.55. The highest BCUT2D eigenvalue weighted by Crippen LogP contribution is 2.51. The van der Waals surface area contributed by atoms with Crippen LogP contribution in [0.4, 0.5) is 0 Å². The molecule has 4 aromatic rings. The Labute approximate surface area is 280 Å². The number of carbonyl (C=O) groups is 1. The molecule has 1 aromatic heterocycles. The molecule has 1 aliphatic rings. The van der Waals surface area contributed by atoms with E-state index in [9.17, 15) is 30.3 Å². The number of hydrogen-bond donors (Lipinski definition) is 6. The number of nitrogens with two attached hydrogens (primary N) is 1. The molecule has 0 radical (unpaired) electrons. The van der Waals surface area contributed by atoms with Gasteiger partial charge in [-0.3, -0.25) is 0 Å². The van der Waals surface area contributed by atoms with Gasteiger partial charge in [0.15, 0.2) is 29.5 Å². The van der Waals surface area contributed by atoms with Crippen molar-refractivity contribution in [2.24, 2.45) is 5.73 Å². The van der Waals surface area contributed by atoms with Crippen LogP contribution in [-0.4, -0.2) is 98.8 Å². The Morgan fingerprint density at radius 2 is 1.53 bits per heavy atom. The van der Waals surface area contributed by atoms with Crippen LogP contribution in [0.25, 0.3) is 0 Å². The van der Waals surface area contributed by atoms with Gasteiger partial charge in [-0.25, -0.2) is 9.48 Å². The van der Waals surface area contributed by atoms with E-state index in [4.69, 9.17) is 34.2 Å². The lowest BCUT2D eigenvalue weighted by atomic mass is 9.90. The summed E-state index contributed by atoms with van der Waals surface area (Å²) in [4.78, 5) is 13.4. The average molecular weight is 683 g/mol. The number of nitrogens with zero attached hydrogens (tertiary/aromatic N) is 3. The first-order valence-electron chi connectivity index (χ1n) is 15.4. The molecule has 0 amide bonds.